The summed E-state index contributed by atoms with van der Waals surface area (Å²) in [6, 6.07) is 9.43. The van der Waals surface area contributed by atoms with Crippen molar-refractivity contribution >= 4 is 46.4 Å². The van der Waals surface area contributed by atoms with E-state index in [4.69, 9.17) is 16.3 Å². The Kier molecular flexibility index (Phi) is 6.15. The topological polar surface area (TPSA) is 132 Å². The number of hydrogen-bond donors (Lipinski definition) is 2. The van der Waals surface area contributed by atoms with Crippen molar-refractivity contribution in [1.29, 1.82) is 0 Å². The van der Waals surface area contributed by atoms with Crippen LogP contribution in [0.15, 0.2) is 48.9 Å². The second-order valence-corrected chi connectivity index (χ2v) is 6.02. The normalized spacial score (nSPS) is 10.3. The van der Waals surface area contributed by atoms with Crippen LogP contribution in [0, 0.1) is 10.1 Å². The summed E-state index contributed by atoms with van der Waals surface area (Å²) in [5.41, 5.74) is 0.500. The van der Waals surface area contributed by atoms with E-state index in [1.807, 2.05) is 0 Å². The number of benzene rings is 1. The minimum atomic E-state index is -0.604. The van der Waals surface area contributed by atoms with Crippen LogP contribution >= 0.6 is 11.6 Å². The Balaban J connectivity index is 1.86. The summed E-state index contributed by atoms with van der Waals surface area (Å²) in [5.74, 6) is -0.175. The van der Waals surface area contributed by atoms with Gasteiger partial charge >= 0.3 is 11.7 Å². The monoisotopic (exact) mass is 414 g/mol. The maximum Gasteiger partial charge on any atom is 0.353 e. The number of anilines is 4. The zero-order valence-electron chi connectivity index (χ0n) is 15.1. The van der Waals surface area contributed by atoms with Gasteiger partial charge in [-0.2, -0.15) is 0 Å². The molecule has 2 N–H and O–H groups in total. The molecule has 0 fully saturated rings. The molecule has 2 heterocycles. The van der Waals surface area contributed by atoms with Gasteiger partial charge in [-0.25, -0.2) is 19.7 Å². The Morgan fingerprint density at radius 3 is 2.38 bits per heavy atom. The first kappa shape index (κ1) is 20.0. The molecule has 0 aliphatic heterocycles. The van der Waals surface area contributed by atoms with E-state index < -0.39 is 10.9 Å². The van der Waals surface area contributed by atoms with Crippen LogP contribution in [0.3, 0.4) is 0 Å². The van der Waals surface area contributed by atoms with E-state index in [1.54, 1.807) is 43.3 Å². The van der Waals surface area contributed by atoms with E-state index in [1.165, 1.54) is 12.5 Å². The standard InChI is InChI=1S/C18H15ClN6O4/c1-2-29-18(26)11-3-6-13(7-4-11)23-16-15(25(27)28)17(22-10-21-16)24-14-8-5-12(19)9-20-14/h3-10H,2H2,1H3,(H2,20,21,22,23,24). The van der Waals surface area contributed by atoms with Crippen molar-refractivity contribution in [3.63, 3.8) is 0 Å². The highest BCUT2D eigenvalue weighted by Gasteiger charge is 2.23. The van der Waals surface area contributed by atoms with Crippen molar-refractivity contribution in [2.75, 3.05) is 17.2 Å². The highest BCUT2D eigenvalue weighted by atomic mass is 35.5. The first-order valence-corrected chi connectivity index (χ1v) is 8.78. The molecule has 2 aromatic heterocycles. The Morgan fingerprint density at radius 1 is 1.10 bits per heavy atom. The minimum Gasteiger partial charge on any atom is -0.462 e. The van der Waals surface area contributed by atoms with Gasteiger partial charge in [0.05, 0.1) is 22.1 Å². The van der Waals surface area contributed by atoms with Crippen molar-refractivity contribution in [2.24, 2.45) is 0 Å². The summed E-state index contributed by atoms with van der Waals surface area (Å²) in [5, 5.41) is 17.7. The number of pyridine rings is 1. The van der Waals surface area contributed by atoms with Gasteiger partial charge < -0.3 is 15.4 Å². The summed E-state index contributed by atoms with van der Waals surface area (Å²) >= 11 is 5.80. The molecule has 0 aliphatic rings. The number of halogens is 1. The van der Waals surface area contributed by atoms with E-state index in [9.17, 15) is 14.9 Å². The Labute approximate surface area is 170 Å². The highest BCUT2D eigenvalue weighted by Crippen LogP contribution is 2.32. The van der Waals surface area contributed by atoms with Crippen molar-refractivity contribution < 1.29 is 14.5 Å². The van der Waals surface area contributed by atoms with Crippen LogP contribution in [0.5, 0.6) is 0 Å². The van der Waals surface area contributed by atoms with Gasteiger partial charge in [0.25, 0.3) is 0 Å². The summed E-state index contributed by atoms with van der Waals surface area (Å²) in [7, 11) is 0. The van der Waals surface area contributed by atoms with Crippen LogP contribution < -0.4 is 10.6 Å². The zero-order chi connectivity index (χ0) is 20.8. The van der Waals surface area contributed by atoms with Crippen molar-refractivity contribution in [3.05, 3.63) is 69.6 Å². The van der Waals surface area contributed by atoms with Gasteiger partial charge in [0.1, 0.15) is 12.1 Å². The molecule has 0 unspecified atom stereocenters. The number of aromatic nitrogens is 3. The SMILES string of the molecule is CCOC(=O)c1ccc(Nc2ncnc(Nc3ccc(Cl)cn3)c2[N+](=O)[O-])cc1. The zero-order valence-corrected chi connectivity index (χ0v) is 15.9. The number of carbonyl (C=O) groups excluding carboxylic acids is 1. The molecular formula is C18H15ClN6O4. The molecule has 29 heavy (non-hydrogen) atoms. The highest BCUT2D eigenvalue weighted by molar-refractivity contribution is 6.30. The average Bonchev–Trinajstić information content (AvgIpc) is 2.70. The Morgan fingerprint density at radius 2 is 1.79 bits per heavy atom. The molecule has 1 aromatic carbocycles. The van der Waals surface area contributed by atoms with Crippen LogP contribution in [0.2, 0.25) is 5.02 Å². The van der Waals surface area contributed by atoms with E-state index >= 15 is 0 Å². The lowest BCUT2D eigenvalue weighted by Crippen LogP contribution is -2.07. The van der Waals surface area contributed by atoms with Gasteiger partial charge in [-0.15, -0.1) is 0 Å². The van der Waals surface area contributed by atoms with Crippen molar-refractivity contribution in [1.82, 2.24) is 15.0 Å². The van der Waals surface area contributed by atoms with Crippen LogP contribution in [-0.4, -0.2) is 32.5 Å². The number of esters is 1. The van der Waals surface area contributed by atoms with Gasteiger partial charge in [0, 0.05) is 11.9 Å². The van der Waals surface area contributed by atoms with Crippen LogP contribution in [0.1, 0.15) is 17.3 Å². The predicted molar refractivity (Wildman–Crippen MR) is 107 cm³/mol. The Hall–Kier alpha value is -3.79. The molecule has 11 heteroatoms. The number of nitro groups is 1. The molecule has 0 atom stereocenters. The first-order valence-electron chi connectivity index (χ1n) is 8.40. The summed E-state index contributed by atoms with van der Waals surface area (Å²) in [4.78, 5) is 34.7. The van der Waals surface area contributed by atoms with Crippen LogP contribution in [0.4, 0.5) is 28.8 Å². The third kappa shape index (κ3) is 4.93. The van der Waals surface area contributed by atoms with Gasteiger partial charge in [0.2, 0.25) is 11.6 Å². The maximum atomic E-state index is 11.7. The van der Waals surface area contributed by atoms with E-state index in [2.05, 4.69) is 25.6 Å². The molecule has 0 saturated carbocycles. The lowest BCUT2D eigenvalue weighted by Gasteiger charge is -2.10. The summed E-state index contributed by atoms with van der Waals surface area (Å²) < 4.78 is 4.92. The van der Waals surface area contributed by atoms with Crippen LogP contribution in [0.25, 0.3) is 0 Å². The second-order valence-electron chi connectivity index (χ2n) is 5.59. The molecule has 10 nitrogen and oxygen atoms in total. The molecule has 148 valence electrons. The molecular weight excluding hydrogens is 400 g/mol. The molecule has 3 rings (SSSR count). The molecule has 3 aromatic rings. The number of ether oxygens (including phenoxy) is 1. The molecule has 0 radical (unpaired) electrons. The summed E-state index contributed by atoms with van der Waals surface area (Å²) in [6.07, 6.45) is 2.59. The maximum absolute atomic E-state index is 11.7. The predicted octanol–water partition coefficient (Wildman–Crippen LogP) is 4.10. The fourth-order valence-corrected chi connectivity index (χ4v) is 2.46. The first-order chi connectivity index (χ1) is 14.0. The van der Waals surface area contributed by atoms with Crippen molar-refractivity contribution in [3.8, 4) is 0 Å². The van der Waals surface area contributed by atoms with Gasteiger partial charge in [-0.1, -0.05) is 11.6 Å². The molecule has 0 amide bonds. The number of carbonyl (C=O) groups is 1. The lowest BCUT2D eigenvalue weighted by molar-refractivity contribution is -0.383. The van der Waals surface area contributed by atoms with E-state index in [0.29, 0.717) is 22.1 Å². The third-order valence-corrected chi connectivity index (χ3v) is 3.86. The molecule has 0 aliphatic carbocycles. The fraction of sp³-hybridized carbons (Fsp3) is 0.111. The van der Waals surface area contributed by atoms with E-state index in [-0.39, 0.29) is 23.9 Å². The Bertz CT molecular complexity index is 1030. The molecule has 0 saturated heterocycles. The molecule has 0 spiro atoms. The second kappa shape index (κ2) is 8.93. The summed E-state index contributed by atoms with van der Waals surface area (Å²) in [6.45, 7) is 1.98. The quantitative estimate of drug-likeness (QED) is 0.333. The van der Waals surface area contributed by atoms with Gasteiger partial charge in [-0.3, -0.25) is 10.1 Å². The van der Waals surface area contributed by atoms with Crippen LogP contribution in [-0.2, 0) is 4.74 Å². The van der Waals surface area contributed by atoms with Crippen molar-refractivity contribution in [2.45, 2.75) is 6.92 Å². The number of nitrogens with one attached hydrogen (secondary N) is 2. The average molecular weight is 415 g/mol. The largest absolute Gasteiger partial charge is 0.462 e. The number of rotatable bonds is 7. The molecule has 0 bridgehead atoms. The third-order valence-electron chi connectivity index (χ3n) is 3.64. The lowest BCUT2D eigenvalue weighted by atomic mass is 10.2. The number of hydrogen-bond acceptors (Lipinski definition) is 9. The fourth-order valence-electron chi connectivity index (χ4n) is 2.35. The minimum absolute atomic E-state index is 0.0228. The van der Waals surface area contributed by atoms with Gasteiger partial charge in [0.15, 0.2) is 0 Å². The van der Waals surface area contributed by atoms with Gasteiger partial charge in [-0.05, 0) is 43.3 Å². The van der Waals surface area contributed by atoms with E-state index in [0.717, 1.165) is 0 Å². The number of nitrogens with zero attached hydrogens (tertiary/aromatic N) is 4. The smallest absolute Gasteiger partial charge is 0.353 e.